The van der Waals surface area contributed by atoms with E-state index in [1.54, 1.807) is 24.3 Å². The summed E-state index contributed by atoms with van der Waals surface area (Å²) in [5, 5.41) is 8.84. The van der Waals surface area contributed by atoms with Gasteiger partial charge in [0.05, 0.1) is 0 Å². The number of benzene rings is 2. The second-order valence-corrected chi connectivity index (χ2v) is 4.14. The van der Waals surface area contributed by atoms with Crippen LogP contribution in [-0.4, -0.2) is 11.7 Å². The van der Waals surface area contributed by atoms with Crippen LogP contribution >= 0.6 is 0 Å². The van der Waals surface area contributed by atoms with Crippen LogP contribution in [-0.2, 0) is 13.0 Å². The van der Waals surface area contributed by atoms with E-state index in [-0.39, 0.29) is 19.0 Å². The molecule has 0 spiro atoms. The van der Waals surface area contributed by atoms with E-state index >= 15 is 0 Å². The van der Waals surface area contributed by atoms with E-state index in [1.165, 1.54) is 6.07 Å². The van der Waals surface area contributed by atoms with Gasteiger partial charge < -0.3 is 15.6 Å². The summed E-state index contributed by atoms with van der Waals surface area (Å²) >= 11 is 0. The highest BCUT2D eigenvalue weighted by Crippen LogP contribution is 2.27. The third kappa shape index (κ3) is 3.30. The molecule has 2 aromatic rings. The Morgan fingerprint density at radius 1 is 1.11 bits per heavy atom. The molecule has 0 saturated heterocycles. The molecule has 0 saturated carbocycles. The minimum atomic E-state index is -0.364. The largest absolute Gasteiger partial charge is 0.457 e. The third-order valence-electron chi connectivity index (χ3n) is 2.83. The first kappa shape index (κ1) is 13.5. The van der Waals surface area contributed by atoms with Crippen molar-refractivity contribution in [1.29, 1.82) is 0 Å². The Balaban J connectivity index is 2.19. The van der Waals surface area contributed by atoms with Crippen molar-refractivity contribution in [1.82, 2.24) is 0 Å². The molecule has 0 bridgehead atoms. The van der Waals surface area contributed by atoms with Crippen molar-refractivity contribution in [2.75, 3.05) is 6.61 Å². The summed E-state index contributed by atoms with van der Waals surface area (Å²) in [5.74, 6) is 0.677. The second kappa shape index (κ2) is 6.31. The van der Waals surface area contributed by atoms with Gasteiger partial charge in [-0.1, -0.05) is 18.2 Å². The van der Waals surface area contributed by atoms with Crippen LogP contribution in [0.5, 0.6) is 11.5 Å². The van der Waals surface area contributed by atoms with Gasteiger partial charge in [0.25, 0.3) is 0 Å². The predicted octanol–water partition coefficient (Wildman–Crippen LogP) is 2.61. The lowest BCUT2D eigenvalue weighted by atomic mass is 10.1. The maximum absolute atomic E-state index is 13.5. The Morgan fingerprint density at radius 2 is 1.84 bits per heavy atom. The molecule has 2 aromatic carbocycles. The van der Waals surface area contributed by atoms with E-state index in [1.807, 2.05) is 12.1 Å². The number of hydrogen-bond acceptors (Lipinski definition) is 3. The quantitative estimate of drug-likeness (QED) is 0.869. The average Bonchev–Trinajstić information content (AvgIpc) is 2.42. The molecule has 3 nitrogen and oxygen atoms in total. The molecule has 2 rings (SSSR count). The Hall–Kier alpha value is -1.91. The summed E-state index contributed by atoms with van der Waals surface area (Å²) in [5.41, 5.74) is 6.91. The highest BCUT2D eigenvalue weighted by molar-refractivity contribution is 5.39. The summed E-state index contributed by atoms with van der Waals surface area (Å²) in [6, 6.07) is 11.9. The average molecular weight is 261 g/mol. The van der Waals surface area contributed by atoms with Crippen molar-refractivity contribution in [2.45, 2.75) is 13.0 Å². The lowest BCUT2D eigenvalue weighted by Crippen LogP contribution is -2.02. The van der Waals surface area contributed by atoms with Crippen LogP contribution in [0.4, 0.5) is 4.39 Å². The number of aliphatic hydroxyl groups excluding tert-OH is 1. The molecular weight excluding hydrogens is 245 g/mol. The van der Waals surface area contributed by atoms with Gasteiger partial charge in [0, 0.05) is 18.7 Å². The van der Waals surface area contributed by atoms with Crippen LogP contribution in [0.1, 0.15) is 11.1 Å². The Morgan fingerprint density at radius 3 is 2.47 bits per heavy atom. The van der Waals surface area contributed by atoms with E-state index in [0.717, 1.165) is 5.56 Å². The van der Waals surface area contributed by atoms with Crippen molar-refractivity contribution in [3.05, 3.63) is 59.4 Å². The summed E-state index contributed by atoms with van der Waals surface area (Å²) in [7, 11) is 0. The molecule has 0 aliphatic carbocycles. The van der Waals surface area contributed by atoms with Gasteiger partial charge in [-0.25, -0.2) is 4.39 Å². The molecule has 0 aliphatic rings. The maximum Gasteiger partial charge on any atom is 0.134 e. The SMILES string of the molecule is NCc1c(F)cccc1Oc1ccc(CCO)cc1. The molecule has 0 radical (unpaired) electrons. The molecule has 19 heavy (non-hydrogen) atoms. The van der Waals surface area contributed by atoms with E-state index in [2.05, 4.69) is 0 Å². The topological polar surface area (TPSA) is 55.5 Å². The van der Waals surface area contributed by atoms with Crippen LogP contribution < -0.4 is 10.5 Å². The molecule has 0 aromatic heterocycles. The van der Waals surface area contributed by atoms with E-state index in [4.69, 9.17) is 15.6 Å². The number of halogens is 1. The molecule has 100 valence electrons. The normalized spacial score (nSPS) is 10.5. The summed E-state index contributed by atoms with van der Waals surface area (Å²) in [6.07, 6.45) is 0.605. The summed E-state index contributed by atoms with van der Waals surface area (Å²) < 4.78 is 19.2. The zero-order valence-electron chi connectivity index (χ0n) is 10.5. The van der Waals surface area contributed by atoms with Gasteiger partial charge in [0.15, 0.2) is 0 Å². The standard InChI is InChI=1S/C15H16FNO2/c16-14-2-1-3-15(13(14)10-17)19-12-6-4-11(5-7-12)8-9-18/h1-7,18H,8-10,17H2. The van der Waals surface area contributed by atoms with Crippen LogP contribution in [0.2, 0.25) is 0 Å². The van der Waals surface area contributed by atoms with Gasteiger partial charge in [-0.2, -0.15) is 0 Å². The predicted molar refractivity (Wildman–Crippen MR) is 71.6 cm³/mol. The molecule has 0 heterocycles. The minimum Gasteiger partial charge on any atom is -0.457 e. The first-order valence-electron chi connectivity index (χ1n) is 6.09. The number of aliphatic hydroxyl groups is 1. The molecule has 4 heteroatoms. The molecule has 0 fully saturated rings. The third-order valence-corrected chi connectivity index (χ3v) is 2.83. The van der Waals surface area contributed by atoms with Crippen molar-refractivity contribution in [3.8, 4) is 11.5 Å². The van der Waals surface area contributed by atoms with Gasteiger partial charge in [-0.15, -0.1) is 0 Å². The highest BCUT2D eigenvalue weighted by Gasteiger charge is 2.08. The zero-order valence-corrected chi connectivity index (χ0v) is 10.5. The molecule has 0 amide bonds. The number of hydrogen-bond donors (Lipinski definition) is 2. The van der Waals surface area contributed by atoms with Crippen molar-refractivity contribution in [2.24, 2.45) is 5.73 Å². The zero-order chi connectivity index (χ0) is 13.7. The van der Waals surface area contributed by atoms with Gasteiger partial charge in [0.1, 0.15) is 17.3 Å². The summed E-state index contributed by atoms with van der Waals surface area (Å²) in [6.45, 7) is 0.200. The fourth-order valence-electron chi connectivity index (χ4n) is 1.81. The molecule has 0 unspecified atom stereocenters. The smallest absolute Gasteiger partial charge is 0.134 e. The molecule has 0 aliphatic heterocycles. The number of ether oxygens (including phenoxy) is 1. The van der Waals surface area contributed by atoms with Crippen molar-refractivity contribution < 1.29 is 14.2 Å². The maximum atomic E-state index is 13.5. The fraction of sp³-hybridized carbons (Fsp3) is 0.200. The van der Waals surface area contributed by atoms with Gasteiger partial charge in [0.2, 0.25) is 0 Å². The Labute approximate surface area is 111 Å². The van der Waals surface area contributed by atoms with E-state index < -0.39 is 0 Å². The number of rotatable bonds is 5. The Kier molecular flexibility index (Phi) is 4.49. The molecular formula is C15H16FNO2. The second-order valence-electron chi connectivity index (χ2n) is 4.14. The van der Waals surface area contributed by atoms with Gasteiger partial charge in [-0.05, 0) is 36.2 Å². The highest BCUT2D eigenvalue weighted by atomic mass is 19.1. The molecule has 3 N–H and O–H groups in total. The van der Waals surface area contributed by atoms with E-state index in [9.17, 15) is 4.39 Å². The van der Waals surface area contributed by atoms with Crippen LogP contribution in [0, 0.1) is 5.82 Å². The fourth-order valence-corrected chi connectivity index (χ4v) is 1.81. The van der Waals surface area contributed by atoms with Crippen molar-refractivity contribution >= 4 is 0 Å². The first-order valence-corrected chi connectivity index (χ1v) is 6.09. The van der Waals surface area contributed by atoms with Crippen LogP contribution in [0.15, 0.2) is 42.5 Å². The molecule has 0 atom stereocenters. The van der Waals surface area contributed by atoms with Crippen LogP contribution in [0.25, 0.3) is 0 Å². The van der Waals surface area contributed by atoms with Gasteiger partial charge >= 0.3 is 0 Å². The van der Waals surface area contributed by atoms with E-state index in [0.29, 0.717) is 23.5 Å². The lowest BCUT2D eigenvalue weighted by Gasteiger charge is -2.11. The summed E-state index contributed by atoms with van der Waals surface area (Å²) in [4.78, 5) is 0. The monoisotopic (exact) mass is 261 g/mol. The van der Waals surface area contributed by atoms with Crippen molar-refractivity contribution in [3.63, 3.8) is 0 Å². The van der Waals surface area contributed by atoms with Crippen LogP contribution in [0.3, 0.4) is 0 Å². The number of nitrogens with two attached hydrogens (primary N) is 1. The Bertz CT molecular complexity index is 540. The first-order chi connectivity index (χ1) is 9.24. The minimum absolute atomic E-state index is 0.0879. The lowest BCUT2D eigenvalue weighted by molar-refractivity contribution is 0.299. The van der Waals surface area contributed by atoms with Gasteiger partial charge in [-0.3, -0.25) is 0 Å².